The van der Waals surface area contributed by atoms with Crippen LogP contribution in [0, 0.1) is 0 Å². The minimum Gasteiger partial charge on any atom is -0.478 e. The quantitative estimate of drug-likeness (QED) is 0.813. The maximum absolute atomic E-state index is 12.3. The number of halogens is 2. The Morgan fingerprint density at radius 2 is 2.21 bits per heavy atom. The van der Waals surface area contributed by atoms with Crippen LogP contribution in [-0.2, 0) is 21.4 Å². The highest BCUT2D eigenvalue weighted by Crippen LogP contribution is 2.20. The van der Waals surface area contributed by atoms with Gasteiger partial charge in [0.1, 0.15) is 0 Å². The lowest BCUT2D eigenvalue weighted by atomic mass is 10.3. The predicted octanol–water partition coefficient (Wildman–Crippen LogP) is 1.83. The van der Waals surface area contributed by atoms with E-state index in [1.54, 1.807) is 11.4 Å². The van der Waals surface area contributed by atoms with Crippen molar-refractivity contribution in [1.29, 1.82) is 0 Å². The lowest BCUT2D eigenvalue weighted by molar-refractivity contribution is -0.131. The van der Waals surface area contributed by atoms with E-state index in [1.807, 2.05) is 0 Å². The lowest BCUT2D eigenvalue weighted by Crippen LogP contribution is -2.31. The van der Waals surface area contributed by atoms with Crippen molar-refractivity contribution in [2.45, 2.75) is 12.3 Å². The Kier molecular flexibility index (Phi) is 5.15. The first-order chi connectivity index (χ1) is 8.73. The van der Waals surface area contributed by atoms with E-state index < -0.39 is 21.8 Å². The van der Waals surface area contributed by atoms with E-state index in [0.29, 0.717) is 14.7 Å². The summed E-state index contributed by atoms with van der Waals surface area (Å²) in [7, 11) is -3.54. The number of carboxylic acid groups (broad SMARTS) is 1. The monoisotopic (exact) mass is 311 g/mol. The van der Waals surface area contributed by atoms with Crippen LogP contribution < -0.4 is 0 Å². The molecule has 0 aliphatic carbocycles. The van der Waals surface area contributed by atoms with Gasteiger partial charge >= 0.3 is 11.7 Å². The molecule has 0 amide bonds. The van der Waals surface area contributed by atoms with Crippen molar-refractivity contribution in [2.24, 2.45) is 0 Å². The van der Waals surface area contributed by atoms with Crippen LogP contribution in [0.15, 0.2) is 17.5 Å². The van der Waals surface area contributed by atoms with E-state index in [4.69, 9.17) is 5.11 Å². The number of aliphatic carboxylic acids is 1. The molecular formula is C10H11F2NO4S2. The highest BCUT2D eigenvalue weighted by molar-refractivity contribution is 7.89. The van der Waals surface area contributed by atoms with Crippen LogP contribution in [0.4, 0.5) is 8.78 Å². The third-order valence-corrected chi connectivity index (χ3v) is 4.52. The summed E-state index contributed by atoms with van der Waals surface area (Å²) in [5.41, 5.74) is 0.516. The first kappa shape index (κ1) is 15.7. The van der Waals surface area contributed by atoms with Gasteiger partial charge in [0.25, 0.3) is 10.0 Å². The second kappa shape index (κ2) is 6.22. The van der Waals surface area contributed by atoms with Gasteiger partial charge in [0.2, 0.25) is 0 Å². The number of carboxylic acids is 1. The van der Waals surface area contributed by atoms with Crippen molar-refractivity contribution >= 4 is 33.4 Å². The number of alkyl halides is 2. The molecule has 0 fully saturated rings. The average molecular weight is 311 g/mol. The summed E-state index contributed by atoms with van der Waals surface area (Å²) in [6.45, 7) is -0.190. The Balaban J connectivity index is 2.77. The van der Waals surface area contributed by atoms with Gasteiger partial charge in [-0.1, -0.05) is 0 Å². The average Bonchev–Trinajstić information content (AvgIpc) is 2.73. The van der Waals surface area contributed by atoms with Crippen LogP contribution in [0.2, 0.25) is 0 Å². The molecule has 0 aromatic carbocycles. The van der Waals surface area contributed by atoms with Crippen LogP contribution in [0.5, 0.6) is 0 Å². The highest BCUT2D eigenvalue weighted by atomic mass is 32.2. The van der Waals surface area contributed by atoms with Crippen LogP contribution in [0.1, 0.15) is 10.4 Å². The fourth-order valence-electron chi connectivity index (χ4n) is 1.20. The summed E-state index contributed by atoms with van der Waals surface area (Å²) in [5, 5.41) is 10.0. The van der Waals surface area contributed by atoms with E-state index in [1.165, 1.54) is 17.4 Å². The van der Waals surface area contributed by atoms with Gasteiger partial charge < -0.3 is 5.11 Å². The van der Waals surface area contributed by atoms with Crippen molar-refractivity contribution in [3.8, 4) is 0 Å². The summed E-state index contributed by atoms with van der Waals surface area (Å²) in [4.78, 5) is 10.9. The Bertz CT molecular complexity index is 580. The van der Waals surface area contributed by atoms with Crippen molar-refractivity contribution in [1.82, 2.24) is 4.31 Å². The molecule has 106 valence electrons. The number of hydrogen-bond acceptors (Lipinski definition) is 4. The minimum atomic E-state index is -4.60. The van der Waals surface area contributed by atoms with Gasteiger partial charge in [0.15, 0.2) is 0 Å². The maximum atomic E-state index is 12.3. The number of hydrogen-bond donors (Lipinski definition) is 1. The zero-order valence-electron chi connectivity index (χ0n) is 9.79. The van der Waals surface area contributed by atoms with E-state index in [9.17, 15) is 22.0 Å². The van der Waals surface area contributed by atoms with Gasteiger partial charge in [-0.2, -0.15) is 13.1 Å². The van der Waals surface area contributed by atoms with Crippen LogP contribution in [0.25, 0.3) is 6.08 Å². The molecule has 0 saturated heterocycles. The summed E-state index contributed by atoms with van der Waals surface area (Å²) >= 11 is 1.19. The molecule has 5 nitrogen and oxygen atoms in total. The van der Waals surface area contributed by atoms with Gasteiger partial charge in [0, 0.05) is 24.5 Å². The molecular weight excluding hydrogens is 300 g/mol. The Labute approximate surface area is 112 Å². The summed E-state index contributed by atoms with van der Waals surface area (Å²) in [6.07, 6.45) is 2.29. The van der Waals surface area contributed by atoms with E-state index in [2.05, 4.69) is 0 Å². The molecule has 0 aliphatic rings. The smallest absolute Gasteiger partial charge is 0.350 e. The predicted molar refractivity (Wildman–Crippen MR) is 67.4 cm³/mol. The van der Waals surface area contributed by atoms with Gasteiger partial charge in [-0.05, 0) is 23.1 Å². The lowest BCUT2D eigenvalue weighted by Gasteiger charge is -2.15. The fourth-order valence-corrected chi connectivity index (χ4v) is 2.60. The molecule has 0 aliphatic heterocycles. The molecule has 0 spiro atoms. The largest absolute Gasteiger partial charge is 0.478 e. The van der Waals surface area contributed by atoms with Crippen molar-refractivity contribution in [3.05, 3.63) is 28.0 Å². The van der Waals surface area contributed by atoms with Crippen LogP contribution >= 0.6 is 11.3 Å². The van der Waals surface area contributed by atoms with Gasteiger partial charge in [-0.3, -0.25) is 0 Å². The maximum Gasteiger partial charge on any atom is 0.350 e. The van der Waals surface area contributed by atoms with Crippen LogP contribution in [0.3, 0.4) is 0 Å². The number of nitrogens with zero attached hydrogens (tertiary/aromatic N) is 1. The van der Waals surface area contributed by atoms with E-state index in [0.717, 1.165) is 13.1 Å². The number of sulfonamides is 1. The fraction of sp³-hybridized carbons (Fsp3) is 0.300. The van der Waals surface area contributed by atoms with E-state index in [-0.39, 0.29) is 6.54 Å². The number of thiophene rings is 1. The molecule has 1 aromatic heterocycles. The topological polar surface area (TPSA) is 74.7 Å². The van der Waals surface area contributed by atoms with Gasteiger partial charge in [-0.25, -0.2) is 13.2 Å². The molecule has 19 heavy (non-hydrogen) atoms. The molecule has 1 N–H and O–H groups in total. The summed E-state index contributed by atoms with van der Waals surface area (Å²) in [6, 6.07) is 1.54. The van der Waals surface area contributed by atoms with Crippen LogP contribution in [-0.4, -0.2) is 36.6 Å². The second-order valence-corrected chi connectivity index (χ2v) is 6.54. The number of carbonyl (C=O) groups is 1. The summed E-state index contributed by atoms with van der Waals surface area (Å²) < 4.78 is 47.4. The molecule has 9 heteroatoms. The normalized spacial score (nSPS) is 12.7. The van der Waals surface area contributed by atoms with Gasteiger partial charge in [0.05, 0.1) is 0 Å². The Hall–Kier alpha value is -1.32. The SMILES string of the molecule is CN(Cc1csc(/C=C/C(=O)O)c1)S(=O)(=O)C(F)F. The minimum absolute atomic E-state index is 0.190. The van der Waals surface area contributed by atoms with Crippen molar-refractivity contribution < 1.29 is 27.1 Å². The first-order valence-corrected chi connectivity index (χ1v) is 7.33. The van der Waals surface area contributed by atoms with Gasteiger partial charge in [-0.15, -0.1) is 11.3 Å². The molecule has 1 aromatic rings. The van der Waals surface area contributed by atoms with E-state index >= 15 is 0 Å². The zero-order chi connectivity index (χ0) is 14.6. The molecule has 1 rings (SSSR count). The third-order valence-electron chi connectivity index (χ3n) is 2.13. The Morgan fingerprint density at radius 3 is 2.74 bits per heavy atom. The number of rotatable bonds is 6. The summed E-state index contributed by atoms with van der Waals surface area (Å²) in [5.74, 6) is -4.56. The Morgan fingerprint density at radius 1 is 1.58 bits per heavy atom. The molecule has 0 radical (unpaired) electrons. The molecule has 0 atom stereocenters. The zero-order valence-corrected chi connectivity index (χ0v) is 11.4. The van der Waals surface area contributed by atoms with Crippen molar-refractivity contribution in [2.75, 3.05) is 7.05 Å². The molecule has 0 unspecified atom stereocenters. The standard InChI is InChI=1S/C10H11F2NO4S2/c1-13(19(16,17)10(11)12)5-7-4-8(18-6-7)2-3-9(14)15/h2-4,6,10H,5H2,1H3,(H,14,15)/b3-2+. The molecule has 0 bridgehead atoms. The molecule has 0 saturated carbocycles. The second-order valence-electron chi connectivity index (χ2n) is 3.59. The highest BCUT2D eigenvalue weighted by Gasteiger charge is 2.29. The third kappa shape index (κ3) is 4.37. The molecule has 1 heterocycles. The van der Waals surface area contributed by atoms with Crippen molar-refractivity contribution in [3.63, 3.8) is 0 Å². The first-order valence-electron chi connectivity index (χ1n) is 4.95.